The molecular formula is C18H22N4O2. The number of likely N-dealkylation sites (tertiary alicyclic amines) is 1. The monoisotopic (exact) mass is 326 g/mol. The first kappa shape index (κ1) is 16.2. The Morgan fingerprint density at radius 1 is 1.21 bits per heavy atom. The van der Waals surface area contributed by atoms with Crippen LogP contribution >= 0.6 is 0 Å². The summed E-state index contributed by atoms with van der Waals surface area (Å²) in [6.07, 6.45) is 4.62. The second kappa shape index (κ2) is 7.77. The summed E-state index contributed by atoms with van der Waals surface area (Å²) in [5, 5.41) is 3.18. The summed E-state index contributed by atoms with van der Waals surface area (Å²) in [5.74, 6) is 1.34. The molecule has 1 saturated heterocycles. The summed E-state index contributed by atoms with van der Waals surface area (Å²) < 4.78 is 5.15. The Morgan fingerprint density at radius 3 is 2.67 bits per heavy atom. The summed E-state index contributed by atoms with van der Waals surface area (Å²) in [6.45, 7) is 2.35. The number of carbonyl (C=O) groups excluding carboxylic acids is 1. The predicted octanol–water partition coefficient (Wildman–Crippen LogP) is 2.38. The van der Waals surface area contributed by atoms with Crippen LogP contribution in [0.4, 0.5) is 5.95 Å². The number of amides is 1. The molecule has 0 atom stereocenters. The molecular weight excluding hydrogens is 304 g/mol. The van der Waals surface area contributed by atoms with E-state index in [2.05, 4.69) is 15.3 Å². The molecule has 0 saturated carbocycles. The van der Waals surface area contributed by atoms with Crippen LogP contribution in [0.25, 0.3) is 0 Å². The molecule has 6 heteroatoms. The lowest BCUT2D eigenvalue weighted by molar-refractivity contribution is 0.0787. The quantitative estimate of drug-likeness (QED) is 0.883. The van der Waals surface area contributed by atoms with Crippen molar-refractivity contribution in [2.45, 2.75) is 19.3 Å². The Balaban J connectivity index is 1.55. The number of hydrogen-bond donors (Lipinski definition) is 1. The molecule has 2 heterocycles. The first-order chi connectivity index (χ1) is 11.8. The lowest BCUT2D eigenvalue weighted by Crippen LogP contribution is -2.28. The van der Waals surface area contributed by atoms with Crippen LogP contribution in [-0.4, -0.2) is 47.5 Å². The molecule has 1 aromatic carbocycles. The Labute approximate surface area is 141 Å². The molecule has 0 spiro atoms. The zero-order valence-corrected chi connectivity index (χ0v) is 13.9. The Bertz CT molecular complexity index is 682. The van der Waals surface area contributed by atoms with E-state index in [0.29, 0.717) is 18.2 Å². The number of ether oxygens (including phenoxy) is 1. The van der Waals surface area contributed by atoms with Crippen molar-refractivity contribution < 1.29 is 9.53 Å². The standard InChI is InChI=1S/C18H22N4O2/c1-24-15-6-4-14(5-7-15)8-10-19-18-20-11-9-16(21-18)17(23)22-12-2-3-13-22/h4-7,9,11H,2-3,8,10,12-13H2,1H3,(H,19,20,21). The summed E-state index contributed by atoms with van der Waals surface area (Å²) in [5.41, 5.74) is 1.66. The summed E-state index contributed by atoms with van der Waals surface area (Å²) in [6, 6.07) is 9.64. The molecule has 0 bridgehead atoms. The Kier molecular flexibility index (Phi) is 5.25. The van der Waals surface area contributed by atoms with Crippen molar-refractivity contribution in [3.05, 3.63) is 47.8 Å². The fourth-order valence-corrected chi connectivity index (χ4v) is 2.76. The minimum absolute atomic E-state index is 0.00638. The third kappa shape index (κ3) is 4.01. The number of hydrogen-bond acceptors (Lipinski definition) is 5. The first-order valence-corrected chi connectivity index (χ1v) is 8.25. The van der Waals surface area contributed by atoms with Gasteiger partial charge < -0.3 is 15.0 Å². The van der Waals surface area contributed by atoms with Crippen molar-refractivity contribution >= 4 is 11.9 Å². The Hall–Kier alpha value is -2.63. The number of anilines is 1. The maximum absolute atomic E-state index is 12.4. The third-order valence-corrected chi connectivity index (χ3v) is 4.12. The van der Waals surface area contributed by atoms with Gasteiger partial charge in [-0.3, -0.25) is 4.79 Å². The second-order valence-corrected chi connectivity index (χ2v) is 5.79. The SMILES string of the molecule is COc1ccc(CCNc2nccc(C(=O)N3CCCC3)n2)cc1. The predicted molar refractivity (Wildman–Crippen MR) is 92.4 cm³/mol. The molecule has 1 aliphatic rings. The third-order valence-electron chi connectivity index (χ3n) is 4.12. The van der Waals surface area contributed by atoms with E-state index >= 15 is 0 Å². The van der Waals surface area contributed by atoms with Crippen molar-refractivity contribution in [3.8, 4) is 5.75 Å². The highest BCUT2D eigenvalue weighted by Crippen LogP contribution is 2.13. The van der Waals surface area contributed by atoms with Gasteiger partial charge in [0, 0.05) is 25.8 Å². The molecule has 0 aliphatic carbocycles. The minimum Gasteiger partial charge on any atom is -0.497 e. The van der Waals surface area contributed by atoms with Gasteiger partial charge in [-0.2, -0.15) is 0 Å². The highest BCUT2D eigenvalue weighted by molar-refractivity contribution is 5.92. The summed E-state index contributed by atoms with van der Waals surface area (Å²) in [4.78, 5) is 22.7. The van der Waals surface area contributed by atoms with Crippen molar-refractivity contribution in [1.29, 1.82) is 0 Å². The maximum Gasteiger partial charge on any atom is 0.272 e. The van der Waals surface area contributed by atoms with Gasteiger partial charge in [-0.25, -0.2) is 9.97 Å². The van der Waals surface area contributed by atoms with Crippen LogP contribution in [0.1, 0.15) is 28.9 Å². The van der Waals surface area contributed by atoms with E-state index in [9.17, 15) is 4.79 Å². The van der Waals surface area contributed by atoms with E-state index in [1.54, 1.807) is 19.4 Å². The fourth-order valence-electron chi connectivity index (χ4n) is 2.76. The van der Waals surface area contributed by atoms with Crippen LogP contribution in [0.2, 0.25) is 0 Å². The van der Waals surface area contributed by atoms with Gasteiger partial charge >= 0.3 is 0 Å². The average molecular weight is 326 g/mol. The van der Waals surface area contributed by atoms with Crippen LogP contribution < -0.4 is 10.1 Å². The zero-order chi connectivity index (χ0) is 16.8. The second-order valence-electron chi connectivity index (χ2n) is 5.79. The van der Waals surface area contributed by atoms with Gasteiger partial charge in [-0.05, 0) is 43.0 Å². The van der Waals surface area contributed by atoms with Gasteiger partial charge in [0.2, 0.25) is 5.95 Å². The van der Waals surface area contributed by atoms with E-state index in [0.717, 1.165) is 38.1 Å². The van der Waals surface area contributed by atoms with E-state index in [-0.39, 0.29) is 5.91 Å². The van der Waals surface area contributed by atoms with Crippen LogP contribution in [0, 0.1) is 0 Å². The Morgan fingerprint density at radius 2 is 1.96 bits per heavy atom. The molecule has 126 valence electrons. The van der Waals surface area contributed by atoms with Gasteiger partial charge in [0.25, 0.3) is 5.91 Å². The van der Waals surface area contributed by atoms with Gasteiger partial charge in [-0.15, -0.1) is 0 Å². The van der Waals surface area contributed by atoms with Crippen LogP contribution in [-0.2, 0) is 6.42 Å². The van der Waals surface area contributed by atoms with Gasteiger partial charge in [-0.1, -0.05) is 12.1 Å². The largest absolute Gasteiger partial charge is 0.497 e. The first-order valence-electron chi connectivity index (χ1n) is 8.25. The molecule has 1 N–H and O–H groups in total. The van der Waals surface area contributed by atoms with Gasteiger partial charge in [0.05, 0.1) is 7.11 Å². The molecule has 0 unspecified atom stereocenters. The zero-order valence-electron chi connectivity index (χ0n) is 13.9. The van der Waals surface area contributed by atoms with E-state index < -0.39 is 0 Å². The summed E-state index contributed by atoms with van der Waals surface area (Å²) >= 11 is 0. The fraction of sp³-hybridized carbons (Fsp3) is 0.389. The number of aromatic nitrogens is 2. The van der Waals surface area contributed by atoms with Crippen LogP contribution in [0.5, 0.6) is 5.75 Å². The number of methoxy groups -OCH3 is 1. The number of rotatable bonds is 6. The normalized spacial score (nSPS) is 13.8. The molecule has 0 radical (unpaired) electrons. The van der Waals surface area contributed by atoms with E-state index in [4.69, 9.17) is 4.74 Å². The molecule has 3 rings (SSSR count). The topological polar surface area (TPSA) is 67.3 Å². The number of nitrogens with one attached hydrogen (secondary N) is 1. The molecule has 2 aromatic rings. The van der Waals surface area contributed by atoms with E-state index in [1.165, 1.54) is 5.56 Å². The lowest BCUT2D eigenvalue weighted by atomic mass is 10.1. The molecule has 1 amide bonds. The smallest absolute Gasteiger partial charge is 0.272 e. The average Bonchev–Trinajstić information content (AvgIpc) is 3.16. The van der Waals surface area contributed by atoms with E-state index in [1.807, 2.05) is 29.2 Å². The van der Waals surface area contributed by atoms with Crippen molar-refractivity contribution in [2.75, 3.05) is 32.1 Å². The number of nitrogens with zero attached hydrogens (tertiary/aromatic N) is 3. The number of carbonyl (C=O) groups is 1. The van der Waals surface area contributed by atoms with Crippen molar-refractivity contribution in [2.24, 2.45) is 0 Å². The van der Waals surface area contributed by atoms with Crippen molar-refractivity contribution in [1.82, 2.24) is 14.9 Å². The van der Waals surface area contributed by atoms with Crippen LogP contribution in [0.3, 0.4) is 0 Å². The molecule has 6 nitrogen and oxygen atoms in total. The van der Waals surface area contributed by atoms with Gasteiger partial charge in [0.1, 0.15) is 11.4 Å². The summed E-state index contributed by atoms with van der Waals surface area (Å²) in [7, 11) is 1.66. The van der Waals surface area contributed by atoms with Crippen molar-refractivity contribution in [3.63, 3.8) is 0 Å². The van der Waals surface area contributed by atoms with Crippen LogP contribution in [0.15, 0.2) is 36.5 Å². The molecule has 1 fully saturated rings. The molecule has 1 aliphatic heterocycles. The number of benzene rings is 1. The lowest BCUT2D eigenvalue weighted by Gasteiger charge is -2.14. The van der Waals surface area contributed by atoms with Gasteiger partial charge in [0.15, 0.2) is 0 Å². The molecule has 1 aromatic heterocycles. The maximum atomic E-state index is 12.4. The highest BCUT2D eigenvalue weighted by Gasteiger charge is 2.20. The molecule has 24 heavy (non-hydrogen) atoms. The minimum atomic E-state index is -0.00638. The highest BCUT2D eigenvalue weighted by atomic mass is 16.5.